The Hall–Kier alpha value is -0.760. The van der Waals surface area contributed by atoms with Gasteiger partial charge in [0.2, 0.25) is 0 Å². The molecule has 0 aromatic carbocycles. The summed E-state index contributed by atoms with van der Waals surface area (Å²) in [6, 6.07) is -0.862. The zero-order valence-corrected chi connectivity index (χ0v) is 23.8. The van der Waals surface area contributed by atoms with Crippen LogP contribution >= 0.6 is 0 Å². The van der Waals surface area contributed by atoms with Crippen molar-refractivity contribution in [3.63, 3.8) is 0 Å². The third-order valence-electron chi connectivity index (χ3n) is 8.50. The van der Waals surface area contributed by atoms with Gasteiger partial charge in [-0.1, -0.05) is 6.92 Å². The normalized spacial score (nSPS) is 52.2. The molecule has 19 atom stereocenters. The van der Waals surface area contributed by atoms with Gasteiger partial charge in [0.25, 0.3) is 0 Å². The van der Waals surface area contributed by atoms with Crippen LogP contribution in [0.1, 0.15) is 13.3 Å². The summed E-state index contributed by atoms with van der Waals surface area (Å²) < 4.78 is 33.7. The number of rotatable bonds is 10. The number of ether oxygens (including phenoxy) is 6. The number of β-amino-alcohol motifs (C(OH)–C–C–N with tert-alkyl or cyclic N) is 1. The lowest BCUT2D eigenvalue weighted by atomic mass is 9.94. The Bertz CT molecular complexity index is 884. The van der Waals surface area contributed by atoms with E-state index in [-0.39, 0.29) is 13.0 Å². The van der Waals surface area contributed by atoms with Crippen molar-refractivity contribution in [2.75, 3.05) is 26.4 Å². The lowest BCUT2D eigenvalue weighted by Gasteiger charge is -2.49. The van der Waals surface area contributed by atoms with Crippen LogP contribution in [0.15, 0.2) is 0 Å². The van der Waals surface area contributed by atoms with Crippen molar-refractivity contribution in [3.8, 4) is 0 Å². The molecule has 0 aromatic heterocycles. The Kier molecular flexibility index (Phi) is 12.7. The number of nitrogens with one attached hydrogen (secondary N) is 1. The molecule has 4 aliphatic heterocycles. The van der Waals surface area contributed by atoms with Gasteiger partial charge in [-0.15, -0.1) is 0 Å². The van der Waals surface area contributed by atoms with E-state index in [0.29, 0.717) is 0 Å². The Labute approximate surface area is 251 Å². The first-order valence-corrected chi connectivity index (χ1v) is 14.5. The van der Waals surface area contributed by atoms with Crippen molar-refractivity contribution in [1.82, 2.24) is 5.32 Å². The molecular formula is C25H45NO18. The summed E-state index contributed by atoms with van der Waals surface area (Å²) in [5.74, 6) is 0. The largest absolute Gasteiger partial charge is 0.395 e. The maximum atomic E-state index is 10.9. The number of aliphatic hydroxyl groups excluding tert-OH is 12. The second kappa shape index (κ2) is 15.4. The fourth-order valence-corrected chi connectivity index (χ4v) is 5.80. The summed E-state index contributed by atoms with van der Waals surface area (Å²) in [4.78, 5) is 0. The number of aliphatic hydroxyl groups is 12. The molecule has 19 heteroatoms. The van der Waals surface area contributed by atoms with Gasteiger partial charge in [0.15, 0.2) is 18.9 Å². The zero-order valence-electron chi connectivity index (χ0n) is 23.8. The molecule has 4 heterocycles. The van der Waals surface area contributed by atoms with Crippen molar-refractivity contribution >= 4 is 0 Å². The summed E-state index contributed by atoms with van der Waals surface area (Å²) in [6.45, 7) is -0.435. The molecule has 0 amide bonds. The number of piperidine rings is 1. The van der Waals surface area contributed by atoms with E-state index in [1.807, 2.05) is 0 Å². The summed E-state index contributed by atoms with van der Waals surface area (Å²) in [5, 5.41) is 126. The van der Waals surface area contributed by atoms with Crippen molar-refractivity contribution in [2.24, 2.45) is 0 Å². The van der Waals surface area contributed by atoms with Crippen LogP contribution in [0.2, 0.25) is 0 Å². The van der Waals surface area contributed by atoms with Crippen LogP contribution in [0, 0.1) is 0 Å². The fraction of sp³-hybridized carbons (Fsp3) is 1.00. The summed E-state index contributed by atoms with van der Waals surface area (Å²) >= 11 is 0. The molecule has 13 N–H and O–H groups in total. The van der Waals surface area contributed by atoms with Gasteiger partial charge in [0.05, 0.1) is 38.1 Å². The molecule has 0 saturated carbocycles. The Morgan fingerprint density at radius 3 is 1.48 bits per heavy atom. The third kappa shape index (κ3) is 7.21. The SMILES string of the molecule is CCC1OC(OC2C(CO)OC(OC3C(CO)NCC(O)C3O)C(O)C2O)C(O)C(O)C1OC1OC(CO)C(O)C(O)C1O. The van der Waals surface area contributed by atoms with Gasteiger partial charge in [-0.3, -0.25) is 0 Å². The highest BCUT2D eigenvalue weighted by atomic mass is 16.8. The van der Waals surface area contributed by atoms with Gasteiger partial charge in [-0.05, 0) is 6.42 Å². The molecule has 0 spiro atoms. The van der Waals surface area contributed by atoms with Crippen molar-refractivity contribution in [3.05, 3.63) is 0 Å². The predicted octanol–water partition coefficient (Wildman–Crippen LogP) is -8.08. The average molecular weight is 648 g/mol. The van der Waals surface area contributed by atoms with E-state index in [4.69, 9.17) is 28.4 Å². The molecule has 0 bridgehead atoms. The summed E-state index contributed by atoms with van der Waals surface area (Å²) in [7, 11) is 0. The van der Waals surface area contributed by atoms with Gasteiger partial charge < -0.3 is 95.0 Å². The van der Waals surface area contributed by atoms with E-state index in [0.717, 1.165) is 0 Å². The molecular weight excluding hydrogens is 602 g/mol. The maximum absolute atomic E-state index is 10.9. The Balaban J connectivity index is 1.43. The minimum atomic E-state index is -1.87. The fourth-order valence-electron chi connectivity index (χ4n) is 5.80. The highest BCUT2D eigenvalue weighted by Crippen LogP contribution is 2.34. The van der Waals surface area contributed by atoms with Gasteiger partial charge in [-0.25, -0.2) is 0 Å². The zero-order chi connectivity index (χ0) is 32.5. The first-order chi connectivity index (χ1) is 20.9. The van der Waals surface area contributed by atoms with Crippen LogP contribution in [0.25, 0.3) is 0 Å². The quantitative estimate of drug-likeness (QED) is 0.105. The van der Waals surface area contributed by atoms with E-state index in [1.54, 1.807) is 6.92 Å². The molecule has 4 rings (SSSR count). The molecule has 19 unspecified atom stereocenters. The monoisotopic (exact) mass is 647 g/mol. The van der Waals surface area contributed by atoms with Crippen LogP contribution in [-0.2, 0) is 28.4 Å². The molecule has 0 aliphatic carbocycles. The van der Waals surface area contributed by atoms with E-state index in [2.05, 4.69) is 5.32 Å². The minimum Gasteiger partial charge on any atom is -0.395 e. The molecule has 4 aliphatic rings. The molecule has 258 valence electrons. The summed E-state index contributed by atoms with van der Waals surface area (Å²) in [6.07, 6.45) is -28.1. The third-order valence-corrected chi connectivity index (χ3v) is 8.50. The Morgan fingerprint density at radius 2 is 0.977 bits per heavy atom. The van der Waals surface area contributed by atoms with E-state index in [1.165, 1.54) is 0 Å². The lowest BCUT2D eigenvalue weighted by Crippen LogP contribution is -2.67. The van der Waals surface area contributed by atoms with Gasteiger partial charge >= 0.3 is 0 Å². The molecule has 4 saturated heterocycles. The van der Waals surface area contributed by atoms with Gasteiger partial charge in [0.1, 0.15) is 79.4 Å². The second-order valence-electron chi connectivity index (χ2n) is 11.4. The topological polar surface area (TPSA) is 310 Å². The molecule has 0 radical (unpaired) electrons. The Morgan fingerprint density at radius 1 is 0.523 bits per heavy atom. The van der Waals surface area contributed by atoms with Gasteiger partial charge in [0, 0.05) is 6.54 Å². The van der Waals surface area contributed by atoms with Gasteiger partial charge in [-0.2, -0.15) is 0 Å². The van der Waals surface area contributed by atoms with Crippen molar-refractivity contribution in [2.45, 2.75) is 130 Å². The first-order valence-electron chi connectivity index (χ1n) is 14.5. The first kappa shape index (κ1) is 36.1. The van der Waals surface area contributed by atoms with Crippen LogP contribution in [-0.4, -0.2) is 204 Å². The molecule has 0 aromatic rings. The highest BCUT2D eigenvalue weighted by Gasteiger charge is 2.54. The summed E-state index contributed by atoms with van der Waals surface area (Å²) in [5.41, 5.74) is 0. The minimum absolute atomic E-state index is 0.0408. The molecule has 44 heavy (non-hydrogen) atoms. The molecule has 4 fully saturated rings. The van der Waals surface area contributed by atoms with Crippen LogP contribution in [0.3, 0.4) is 0 Å². The standard InChI is InChI=1S/C25H45NO18/c1-2-9-21(43-23-17(36)14(33)13(32)10(5-28)40-23)15(34)18(37)24(39-9)44-22-11(6-29)41-25(19(38)16(22)35)42-20-7(4-27)26-3-8(30)12(20)31/h7-38H,2-6H2,1H3. The van der Waals surface area contributed by atoms with Crippen LogP contribution in [0.5, 0.6) is 0 Å². The average Bonchev–Trinajstić information content (AvgIpc) is 3.02. The predicted molar refractivity (Wildman–Crippen MR) is 138 cm³/mol. The lowest BCUT2D eigenvalue weighted by molar-refractivity contribution is -0.381. The maximum Gasteiger partial charge on any atom is 0.187 e. The molecule has 19 nitrogen and oxygen atoms in total. The van der Waals surface area contributed by atoms with Crippen LogP contribution < -0.4 is 5.32 Å². The van der Waals surface area contributed by atoms with Crippen LogP contribution in [0.4, 0.5) is 0 Å². The highest BCUT2D eigenvalue weighted by molar-refractivity contribution is 4.98. The van der Waals surface area contributed by atoms with E-state index >= 15 is 0 Å². The second-order valence-corrected chi connectivity index (χ2v) is 11.4. The number of hydrogen-bond donors (Lipinski definition) is 13. The van der Waals surface area contributed by atoms with Crippen molar-refractivity contribution < 1.29 is 89.7 Å². The smallest absolute Gasteiger partial charge is 0.187 e. The van der Waals surface area contributed by atoms with E-state index < -0.39 is 136 Å². The van der Waals surface area contributed by atoms with E-state index in [9.17, 15) is 61.3 Å². The van der Waals surface area contributed by atoms with Crippen molar-refractivity contribution in [1.29, 1.82) is 0 Å². The number of hydrogen-bond acceptors (Lipinski definition) is 19.